The van der Waals surface area contributed by atoms with Gasteiger partial charge in [-0.25, -0.2) is 0 Å². The lowest BCUT2D eigenvalue weighted by atomic mass is 10.3. The van der Waals surface area contributed by atoms with Gasteiger partial charge >= 0.3 is 0 Å². The summed E-state index contributed by atoms with van der Waals surface area (Å²) in [5, 5.41) is 10.1. The third-order valence-electron chi connectivity index (χ3n) is 3.30. The standard InChI is InChI=1S/C13H21N5O2/c1-3-18-11(8-10(2)16-18)13(20)15-9-12(19)17-6-4-14-5-7-17/h8,14H,3-7,9H2,1-2H3,(H,15,20). The lowest BCUT2D eigenvalue weighted by molar-refractivity contribution is -0.130. The summed E-state index contributed by atoms with van der Waals surface area (Å²) in [4.78, 5) is 25.8. The van der Waals surface area contributed by atoms with Crippen molar-refractivity contribution in [1.82, 2.24) is 25.3 Å². The quantitative estimate of drug-likeness (QED) is 0.769. The second kappa shape index (κ2) is 6.51. The van der Waals surface area contributed by atoms with Crippen LogP contribution in [0.5, 0.6) is 0 Å². The predicted molar refractivity (Wildman–Crippen MR) is 74.4 cm³/mol. The number of hydrogen-bond acceptors (Lipinski definition) is 4. The lowest BCUT2D eigenvalue weighted by Crippen LogP contribution is -2.49. The van der Waals surface area contributed by atoms with Crippen molar-refractivity contribution in [3.8, 4) is 0 Å². The van der Waals surface area contributed by atoms with E-state index in [0.717, 1.165) is 18.8 Å². The predicted octanol–water partition coefficient (Wildman–Crippen LogP) is -0.627. The van der Waals surface area contributed by atoms with Crippen LogP contribution in [0.1, 0.15) is 23.1 Å². The lowest BCUT2D eigenvalue weighted by Gasteiger charge is -2.27. The van der Waals surface area contributed by atoms with Crippen LogP contribution in [0.15, 0.2) is 6.07 Å². The number of carbonyl (C=O) groups is 2. The molecule has 1 aromatic heterocycles. The fourth-order valence-corrected chi connectivity index (χ4v) is 2.24. The van der Waals surface area contributed by atoms with Gasteiger partial charge in [-0.05, 0) is 19.9 Å². The molecule has 2 amide bonds. The van der Waals surface area contributed by atoms with Crippen molar-refractivity contribution < 1.29 is 9.59 Å². The summed E-state index contributed by atoms with van der Waals surface area (Å²) in [6.45, 7) is 7.43. The maximum Gasteiger partial charge on any atom is 0.269 e. The van der Waals surface area contributed by atoms with E-state index in [1.165, 1.54) is 0 Å². The van der Waals surface area contributed by atoms with Gasteiger partial charge in [-0.3, -0.25) is 14.3 Å². The third kappa shape index (κ3) is 3.36. The number of piperazine rings is 1. The molecule has 1 saturated heterocycles. The first-order valence-corrected chi connectivity index (χ1v) is 6.93. The third-order valence-corrected chi connectivity index (χ3v) is 3.30. The molecule has 1 aromatic rings. The van der Waals surface area contributed by atoms with E-state index in [-0.39, 0.29) is 18.4 Å². The van der Waals surface area contributed by atoms with Crippen molar-refractivity contribution in [1.29, 1.82) is 0 Å². The summed E-state index contributed by atoms with van der Waals surface area (Å²) in [5.41, 5.74) is 1.29. The number of carbonyl (C=O) groups excluding carboxylic acids is 2. The summed E-state index contributed by atoms with van der Waals surface area (Å²) in [6.07, 6.45) is 0. The van der Waals surface area contributed by atoms with E-state index in [2.05, 4.69) is 15.7 Å². The SMILES string of the molecule is CCn1nc(C)cc1C(=O)NCC(=O)N1CCNCC1. The van der Waals surface area contributed by atoms with Gasteiger partial charge < -0.3 is 15.5 Å². The molecule has 7 nitrogen and oxygen atoms in total. The Balaban J connectivity index is 1.89. The maximum atomic E-state index is 12.1. The zero-order chi connectivity index (χ0) is 14.5. The molecular weight excluding hydrogens is 258 g/mol. The first kappa shape index (κ1) is 14.5. The molecule has 1 fully saturated rings. The second-order valence-electron chi connectivity index (χ2n) is 4.80. The molecule has 1 aliphatic heterocycles. The number of nitrogens with zero attached hydrogens (tertiary/aromatic N) is 3. The van der Waals surface area contributed by atoms with Crippen molar-refractivity contribution in [3.05, 3.63) is 17.5 Å². The minimum Gasteiger partial charge on any atom is -0.342 e. The first-order chi connectivity index (χ1) is 9.61. The summed E-state index contributed by atoms with van der Waals surface area (Å²) in [6, 6.07) is 1.73. The van der Waals surface area contributed by atoms with Crippen LogP contribution >= 0.6 is 0 Å². The number of hydrogen-bond donors (Lipinski definition) is 2. The molecule has 20 heavy (non-hydrogen) atoms. The smallest absolute Gasteiger partial charge is 0.269 e. The molecule has 0 radical (unpaired) electrons. The largest absolute Gasteiger partial charge is 0.342 e. The van der Waals surface area contributed by atoms with Gasteiger partial charge in [0.05, 0.1) is 12.2 Å². The number of aryl methyl sites for hydroxylation is 2. The van der Waals surface area contributed by atoms with Crippen LogP contribution in [-0.2, 0) is 11.3 Å². The highest BCUT2D eigenvalue weighted by Gasteiger charge is 2.18. The summed E-state index contributed by atoms with van der Waals surface area (Å²) >= 11 is 0. The molecular formula is C13H21N5O2. The van der Waals surface area contributed by atoms with Crippen LogP contribution in [0.4, 0.5) is 0 Å². The topological polar surface area (TPSA) is 79.3 Å². The fourth-order valence-electron chi connectivity index (χ4n) is 2.24. The van der Waals surface area contributed by atoms with E-state index >= 15 is 0 Å². The van der Waals surface area contributed by atoms with E-state index in [1.807, 2.05) is 13.8 Å². The normalized spacial score (nSPS) is 15.2. The Morgan fingerprint density at radius 3 is 2.75 bits per heavy atom. The second-order valence-corrected chi connectivity index (χ2v) is 4.80. The molecule has 0 atom stereocenters. The van der Waals surface area contributed by atoms with Gasteiger partial charge in [-0.15, -0.1) is 0 Å². The van der Waals surface area contributed by atoms with E-state index < -0.39 is 0 Å². The number of nitrogens with one attached hydrogen (secondary N) is 2. The molecule has 2 rings (SSSR count). The summed E-state index contributed by atoms with van der Waals surface area (Å²) in [5.74, 6) is -0.296. The zero-order valence-corrected chi connectivity index (χ0v) is 12.0. The van der Waals surface area contributed by atoms with Crippen molar-refractivity contribution in [3.63, 3.8) is 0 Å². The van der Waals surface area contributed by atoms with Gasteiger partial charge in [0, 0.05) is 32.7 Å². The van der Waals surface area contributed by atoms with Gasteiger partial charge in [0.2, 0.25) is 5.91 Å². The average Bonchev–Trinajstić information content (AvgIpc) is 2.86. The minimum atomic E-state index is -0.254. The molecule has 0 saturated carbocycles. The maximum absolute atomic E-state index is 12.1. The van der Waals surface area contributed by atoms with Crippen LogP contribution in [0.3, 0.4) is 0 Å². The van der Waals surface area contributed by atoms with Crippen molar-refractivity contribution in [2.75, 3.05) is 32.7 Å². The average molecular weight is 279 g/mol. The van der Waals surface area contributed by atoms with Crippen molar-refractivity contribution >= 4 is 11.8 Å². The zero-order valence-electron chi connectivity index (χ0n) is 12.0. The van der Waals surface area contributed by atoms with E-state index in [1.54, 1.807) is 15.6 Å². The fraction of sp³-hybridized carbons (Fsp3) is 0.615. The van der Waals surface area contributed by atoms with E-state index in [4.69, 9.17) is 0 Å². The monoisotopic (exact) mass is 279 g/mol. The van der Waals surface area contributed by atoms with Crippen LogP contribution in [0, 0.1) is 6.92 Å². The first-order valence-electron chi connectivity index (χ1n) is 6.93. The van der Waals surface area contributed by atoms with Gasteiger partial charge in [0.25, 0.3) is 5.91 Å². The molecule has 0 unspecified atom stereocenters. The number of rotatable bonds is 4. The van der Waals surface area contributed by atoms with Gasteiger partial charge in [-0.2, -0.15) is 5.10 Å². The Kier molecular flexibility index (Phi) is 4.73. The minimum absolute atomic E-state index is 0.0345. The molecule has 0 aromatic carbocycles. The Bertz CT molecular complexity index is 491. The highest BCUT2D eigenvalue weighted by atomic mass is 16.2. The Morgan fingerprint density at radius 2 is 2.10 bits per heavy atom. The van der Waals surface area contributed by atoms with E-state index in [9.17, 15) is 9.59 Å². The molecule has 0 bridgehead atoms. The molecule has 110 valence electrons. The highest BCUT2D eigenvalue weighted by molar-refractivity contribution is 5.95. The van der Waals surface area contributed by atoms with Crippen LogP contribution < -0.4 is 10.6 Å². The van der Waals surface area contributed by atoms with Crippen LogP contribution in [0.25, 0.3) is 0 Å². The van der Waals surface area contributed by atoms with Gasteiger partial charge in [0.15, 0.2) is 0 Å². The van der Waals surface area contributed by atoms with Crippen LogP contribution in [-0.4, -0.2) is 59.2 Å². The molecule has 2 heterocycles. The van der Waals surface area contributed by atoms with Crippen LogP contribution in [0.2, 0.25) is 0 Å². The molecule has 2 N–H and O–H groups in total. The van der Waals surface area contributed by atoms with Gasteiger partial charge in [-0.1, -0.05) is 0 Å². The van der Waals surface area contributed by atoms with Gasteiger partial charge in [0.1, 0.15) is 5.69 Å². The summed E-state index contributed by atoms with van der Waals surface area (Å²) in [7, 11) is 0. The van der Waals surface area contributed by atoms with E-state index in [0.29, 0.717) is 25.3 Å². The molecule has 7 heteroatoms. The summed E-state index contributed by atoms with van der Waals surface area (Å²) < 4.78 is 1.64. The molecule has 0 spiro atoms. The Labute approximate surface area is 118 Å². The number of amides is 2. The highest BCUT2D eigenvalue weighted by Crippen LogP contribution is 2.03. The van der Waals surface area contributed by atoms with Crippen molar-refractivity contribution in [2.24, 2.45) is 0 Å². The Hall–Kier alpha value is -1.89. The van der Waals surface area contributed by atoms with Crippen molar-refractivity contribution in [2.45, 2.75) is 20.4 Å². The molecule has 1 aliphatic rings. The number of aromatic nitrogens is 2. The molecule has 0 aliphatic carbocycles. The Morgan fingerprint density at radius 1 is 1.40 bits per heavy atom.